The van der Waals surface area contributed by atoms with E-state index in [0.717, 1.165) is 47.8 Å². The Morgan fingerprint density at radius 1 is 0.921 bits per heavy atom. The SMILES string of the molecule is Cc1cc(C2C(c3ccccn3)NC(=S)N2c2ccc(N3CCOCC3)cc2)c(C)n1-c1cccc(Br)c1. The lowest BCUT2D eigenvalue weighted by Crippen LogP contribution is -2.36. The van der Waals surface area contributed by atoms with Crippen molar-refractivity contribution in [2.75, 3.05) is 36.1 Å². The van der Waals surface area contributed by atoms with Crippen LogP contribution in [0.25, 0.3) is 5.69 Å². The zero-order chi connectivity index (χ0) is 26.2. The third kappa shape index (κ3) is 4.61. The number of benzene rings is 2. The van der Waals surface area contributed by atoms with E-state index in [-0.39, 0.29) is 12.1 Å². The second-order valence-electron chi connectivity index (χ2n) is 9.75. The molecule has 6 nitrogen and oxygen atoms in total. The van der Waals surface area contributed by atoms with Crippen LogP contribution in [0.2, 0.25) is 0 Å². The number of nitrogens with one attached hydrogen (secondary N) is 1. The highest BCUT2D eigenvalue weighted by Gasteiger charge is 2.42. The summed E-state index contributed by atoms with van der Waals surface area (Å²) in [5, 5.41) is 4.31. The predicted molar refractivity (Wildman–Crippen MR) is 160 cm³/mol. The fraction of sp³-hybridized carbons (Fsp3) is 0.267. The normalized spacial score (nSPS) is 19.6. The predicted octanol–water partition coefficient (Wildman–Crippen LogP) is 6.27. The van der Waals surface area contributed by atoms with Gasteiger partial charge in [-0.25, -0.2) is 0 Å². The molecule has 0 amide bonds. The van der Waals surface area contributed by atoms with E-state index in [2.05, 4.69) is 110 Å². The molecule has 194 valence electrons. The first-order valence-corrected chi connectivity index (χ1v) is 14.1. The maximum atomic E-state index is 5.98. The highest BCUT2D eigenvalue weighted by molar-refractivity contribution is 9.10. The summed E-state index contributed by atoms with van der Waals surface area (Å²) in [4.78, 5) is 9.35. The molecule has 2 aliphatic heterocycles. The van der Waals surface area contributed by atoms with Gasteiger partial charge in [0.2, 0.25) is 0 Å². The summed E-state index contributed by atoms with van der Waals surface area (Å²) < 4.78 is 8.91. The number of ether oxygens (including phenoxy) is 1. The van der Waals surface area contributed by atoms with Crippen molar-refractivity contribution < 1.29 is 4.74 Å². The van der Waals surface area contributed by atoms with E-state index >= 15 is 0 Å². The van der Waals surface area contributed by atoms with Gasteiger partial charge in [-0.05, 0) is 92.3 Å². The number of nitrogens with zero attached hydrogens (tertiary/aromatic N) is 4. The Labute approximate surface area is 237 Å². The van der Waals surface area contributed by atoms with Gasteiger partial charge in [-0.1, -0.05) is 28.1 Å². The minimum Gasteiger partial charge on any atom is -0.378 e. The Bertz CT molecular complexity index is 1450. The lowest BCUT2D eigenvalue weighted by Gasteiger charge is -2.31. The summed E-state index contributed by atoms with van der Waals surface area (Å²) in [7, 11) is 0. The molecule has 2 atom stereocenters. The number of morpholine rings is 1. The van der Waals surface area contributed by atoms with E-state index in [1.54, 1.807) is 0 Å². The van der Waals surface area contributed by atoms with Gasteiger partial charge in [-0.2, -0.15) is 0 Å². The molecule has 2 fully saturated rings. The Morgan fingerprint density at radius 2 is 1.68 bits per heavy atom. The van der Waals surface area contributed by atoms with Gasteiger partial charge in [-0.15, -0.1) is 0 Å². The molecule has 2 saturated heterocycles. The van der Waals surface area contributed by atoms with Crippen molar-refractivity contribution in [3.05, 3.63) is 106 Å². The molecular weight excluding hydrogens is 558 g/mol. The van der Waals surface area contributed by atoms with Crippen molar-refractivity contribution in [1.82, 2.24) is 14.9 Å². The van der Waals surface area contributed by atoms with E-state index in [1.165, 1.54) is 22.6 Å². The first-order valence-electron chi connectivity index (χ1n) is 12.9. The molecule has 6 rings (SSSR count). The largest absolute Gasteiger partial charge is 0.378 e. The first kappa shape index (κ1) is 25.1. The van der Waals surface area contributed by atoms with Gasteiger partial charge >= 0.3 is 0 Å². The van der Waals surface area contributed by atoms with Crippen LogP contribution in [-0.2, 0) is 4.74 Å². The van der Waals surface area contributed by atoms with Crippen LogP contribution in [0, 0.1) is 13.8 Å². The van der Waals surface area contributed by atoms with Gasteiger partial charge < -0.3 is 24.4 Å². The quantitative estimate of drug-likeness (QED) is 0.278. The van der Waals surface area contributed by atoms with Crippen LogP contribution in [0.1, 0.15) is 34.7 Å². The van der Waals surface area contributed by atoms with Crippen LogP contribution in [0.15, 0.2) is 83.5 Å². The first-order chi connectivity index (χ1) is 18.5. The lowest BCUT2D eigenvalue weighted by molar-refractivity contribution is 0.122. The molecule has 1 N–H and O–H groups in total. The average molecular weight is 589 g/mol. The van der Waals surface area contributed by atoms with Crippen LogP contribution in [-0.4, -0.2) is 41.0 Å². The molecule has 0 saturated carbocycles. The molecule has 2 aliphatic rings. The van der Waals surface area contributed by atoms with Gasteiger partial charge in [0.1, 0.15) is 0 Å². The molecular formula is C30H30BrN5OS. The third-order valence-corrected chi connectivity index (χ3v) is 8.27. The molecule has 4 aromatic rings. The number of aryl methyl sites for hydroxylation is 1. The maximum absolute atomic E-state index is 5.98. The van der Waals surface area contributed by atoms with Gasteiger partial charge in [0.25, 0.3) is 0 Å². The Hall–Kier alpha value is -3.20. The molecule has 0 radical (unpaired) electrons. The van der Waals surface area contributed by atoms with E-state index in [1.807, 2.05) is 18.3 Å². The minimum atomic E-state index is -0.0842. The van der Waals surface area contributed by atoms with Crippen LogP contribution < -0.4 is 15.1 Å². The third-order valence-electron chi connectivity index (χ3n) is 7.46. The zero-order valence-corrected chi connectivity index (χ0v) is 23.9. The summed E-state index contributed by atoms with van der Waals surface area (Å²) in [6.07, 6.45) is 1.85. The molecule has 2 unspecified atom stereocenters. The van der Waals surface area contributed by atoms with Crippen molar-refractivity contribution >= 4 is 44.6 Å². The Morgan fingerprint density at radius 3 is 2.39 bits per heavy atom. The second-order valence-corrected chi connectivity index (χ2v) is 11.1. The van der Waals surface area contributed by atoms with E-state index in [9.17, 15) is 0 Å². The summed E-state index contributed by atoms with van der Waals surface area (Å²) in [6, 6.07) is 25.4. The van der Waals surface area contributed by atoms with E-state index in [0.29, 0.717) is 5.11 Å². The number of pyridine rings is 1. The molecule has 2 aromatic heterocycles. The molecule has 4 heterocycles. The molecule has 2 aromatic carbocycles. The number of rotatable bonds is 5. The van der Waals surface area contributed by atoms with Crippen LogP contribution in [0.4, 0.5) is 11.4 Å². The van der Waals surface area contributed by atoms with Crippen LogP contribution in [0.5, 0.6) is 0 Å². The van der Waals surface area contributed by atoms with Crippen molar-refractivity contribution in [2.24, 2.45) is 0 Å². The smallest absolute Gasteiger partial charge is 0.174 e. The van der Waals surface area contributed by atoms with E-state index in [4.69, 9.17) is 21.9 Å². The van der Waals surface area contributed by atoms with Gasteiger partial charge in [0.15, 0.2) is 5.11 Å². The average Bonchev–Trinajstić information content (AvgIpc) is 3.44. The number of hydrogen-bond acceptors (Lipinski definition) is 4. The summed E-state index contributed by atoms with van der Waals surface area (Å²) >= 11 is 9.61. The number of thiocarbonyl (C=S) groups is 1. The van der Waals surface area contributed by atoms with Crippen molar-refractivity contribution in [2.45, 2.75) is 25.9 Å². The Kier molecular flexibility index (Phi) is 6.95. The highest BCUT2D eigenvalue weighted by Crippen LogP contribution is 2.44. The Balaban J connectivity index is 1.43. The summed E-state index contributed by atoms with van der Waals surface area (Å²) in [5.74, 6) is 0. The van der Waals surface area contributed by atoms with Crippen molar-refractivity contribution in [1.29, 1.82) is 0 Å². The summed E-state index contributed by atoms with van der Waals surface area (Å²) in [5.41, 5.74) is 7.96. The number of aromatic nitrogens is 2. The number of hydrogen-bond donors (Lipinski definition) is 1. The molecule has 0 aliphatic carbocycles. The molecule has 0 bridgehead atoms. The fourth-order valence-corrected chi connectivity index (χ4v) is 6.43. The van der Waals surface area contributed by atoms with Gasteiger partial charge in [0, 0.05) is 52.2 Å². The molecule has 0 spiro atoms. The van der Waals surface area contributed by atoms with E-state index < -0.39 is 0 Å². The summed E-state index contributed by atoms with van der Waals surface area (Å²) in [6.45, 7) is 7.71. The molecule has 38 heavy (non-hydrogen) atoms. The second kappa shape index (κ2) is 10.5. The fourth-order valence-electron chi connectivity index (χ4n) is 5.69. The number of anilines is 2. The van der Waals surface area contributed by atoms with Crippen molar-refractivity contribution in [3.63, 3.8) is 0 Å². The monoisotopic (exact) mass is 587 g/mol. The lowest BCUT2D eigenvalue weighted by atomic mass is 9.96. The van der Waals surface area contributed by atoms with Crippen LogP contribution >= 0.6 is 28.1 Å². The number of halogens is 1. The maximum Gasteiger partial charge on any atom is 0.174 e. The topological polar surface area (TPSA) is 45.6 Å². The van der Waals surface area contributed by atoms with Gasteiger partial charge in [0.05, 0.1) is 31.0 Å². The molecule has 8 heteroatoms. The highest BCUT2D eigenvalue weighted by atomic mass is 79.9. The standard InChI is InChI=1S/C30H30BrN5OS/c1-20-18-26(21(2)35(20)25-7-5-6-22(31)19-25)29-28(27-8-3-4-13-32-27)33-30(38)36(29)24-11-9-23(10-12-24)34-14-16-37-17-15-34/h3-13,18-19,28-29H,14-17H2,1-2H3,(H,33,38). The zero-order valence-electron chi connectivity index (χ0n) is 21.5. The van der Waals surface area contributed by atoms with Crippen molar-refractivity contribution in [3.8, 4) is 5.69 Å². The van der Waals surface area contributed by atoms with Gasteiger partial charge in [-0.3, -0.25) is 4.98 Å². The van der Waals surface area contributed by atoms with Crippen LogP contribution in [0.3, 0.4) is 0 Å². The minimum absolute atomic E-state index is 0.0567.